The molecule has 3 aliphatic heterocycles. The quantitative estimate of drug-likeness (QED) is 0.379. The Morgan fingerprint density at radius 1 is 0.950 bits per heavy atom. The summed E-state index contributed by atoms with van der Waals surface area (Å²) in [6.45, 7) is 4.74. The first-order valence-electron chi connectivity index (χ1n) is 13.6. The Hall–Kier alpha value is -4.15. The van der Waals surface area contributed by atoms with Crippen molar-refractivity contribution >= 4 is 45.1 Å². The number of nitrogens with zero attached hydrogens (tertiary/aromatic N) is 5. The van der Waals surface area contributed by atoms with Crippen molar-refractivity contribution in [3.63, 3.8) is 0 Å². The van der Waals surface area contributed by atoms with Crippen molar-refractivity contribution in [2.45, 2.75) is 32.0 Å². The predicted molar refractivity (Wildman–Crippen MR) is 153 cm³/mol. The van der Waals surface area contributed by atoms with Gasteiger partial charge in [-0.1, -0.05) is 42.5 Å². The molecule has 0 radical (unpaired) electrons. The molecule has 0 saturated carbocycles. The van der Waals surface area contributed by atoms with Crippen molar-refractivity contribution < 1.29 is 14.4 Å². The molecule has 2 aromatic carbocycles. The Kier molecular flexibility index (Phi) is 6.28. The van der Waals surface area contributed by atoms with E-state index in [4.69, 9.17) is 0 Å². The number of anilines is 1. The van der Waals surface area contributed by atoms with Crippen LogP contribution < -0.4 is 10.2 Å². The molecule has 40 heavy (non-hydrogen) atoms. The lowest BCUT2D eigenvalue weighted by Crippen LogP contribution is -2.52. The summed E-state index contributed by atoms with van der Waals surface area (Å²) in [5.74, 6) is 0.205. The second-order valence-electron chi connectivity index (χ2n) is 10.5. The summed E-state index contributed by atoms with van der Waals surface area (Å²) in [6.07, 6.45) is 2.30. The lowest BCUT2D eigenvalue weighted by molar-refractivity contribution is -0.136. The van der Waals surface area contributed by atoms with Crippen molar-refractivity contribution in [3.8, 4) is 10.4 Å². The summed E-state index contributed by atoms with van der Waals surface area (Å²) in [6, 6.07) is 18.0. The fourth-order valence-electron chi connectivity index (χ4n) is 5.94. The number of imide groups is 1. The first-order chi connectivity index (χ1) is 19.5. The van der Waals surface area contributed by atoms with E-state index in [-0.39, 0.29) is 24.1 Å². The Balaban J connectivity index is 1.01. The minimum absolute atomic E-state index is 0.135. The Labute approximate surface area is 235 Å². The number of amides is 3. The van der Waals surface area contributed by atoms with Gasteiger partial charge in [0.05, 0.1) is 5.39 Å². The third-order valence-electron chi connectivity index (χ3n) is 8.03. The molecule has 5 heterocycles. The number of hydrogen-bond acceptors (Lipinski definition) is 8. The highest BCUT2D eigenvalue weighted by Gasteiger charge is 2.39. The van der Waals surface area contributed by atoms with E-state index in [1.165, 1.54) is 10.4 Å². The minimum Gasteiger partial charge on any atom is -0.353 e. The average molecular weight is 553 g/mol. The molecular formula is C30H28N6O3S. The van der Waals surface area contributed by atoms with Crippen LogP contribution in [0.1, 0.15) is 34.3 Å². The molecule has 10 heteroatoms. The van der Waals surface area contributed by atoms with E-state index in [1.54, 1.807) is 22.6 Å². The zero-order valence-electron chi connectivity index (χ0n) is 21.9. The van der Waals surface area contributed by atoms with Gasteiger partial charge in [0, 0.05) is 56.1 Å². The van der Waals surface area contributed by atoms with Crippen molar-refractivity contribution in [1.82, 2.24) is 25.1 Å². The number of thiophene rings is 1. The Morgan fingerprint density at radius 3 is 2.58 bits per heavy atom. The van der Waals surface area contributed by atoms with Crippen LogP contribution in [0.2, 0.25) is 0 Å². The molecule has 2 fully saturated rings. The van der Waals surface area contributed by atoms with Gasteiger partial charge in [-0.25, -0.2) is 9.97 Å². The minimum atomic E-state index is -0.589. The zero-order valence-corrected chi connectivity index (χ0v) is 22.7. The molecule has 1 unspecified atom stereocenters. The van der Waals surface area contributed by atoms with E-state index < -0.39 is 6.04 Å². The van der Waals surface area contributed by atoms with E-state index in [0.29, 0.717) is 18.5 Å². The molecule has 1 atom stereocenters. The topological polar surface area (TPSA) is 98.7 Å². The molecular weight excluding hydrogens is 524 g/mol. The van der Waals surface area contributed by atoms with E-state index >= 15 is 0 Å². The number of rotatable bonds is 5. The molecule has 9 nitrogen and oxygen atoms in total. The summed E-state index contributed by atoms with van der Waals surface area (Å²) in [5, 5.41) is 3.46. The first kappa shape index (κ1) is 24.9. The molecule has 0 bridgehead atoms. The normalized spacial score (nSPS) is 19.8. The lowest BCUT2D eigenvalue weighted by Gasteiger charge is -2.35. The van der Waals surface area contributed by atoms with Crippen LogP contribution in [0.5, 0.6) is 0 Å². The SMILES string of the molecule is O=C1CCC(N2Cc3cc(CN4CCN(c5ncnc6sc(-c7ccccc7)cc56)CC4)ccc3C2=O)C(=O)N1. The number of nitrogens with one attached hydrogen (secondary N) is 1. The number of piperidine rings is 1. The van der Waals surface area contributed by atoms with Crippen LogP contribution in [0, 0.1) is 0 Å². The Morgan fingerprint density at radius 2 is 1.77 bits per heavy atom. The summed E-state index contributed by atoms with van der Waals surface area (Å²) in [5.41, 5.74) is 3.94. The fourth-order valence-corrected chi connectivity index (χ4v) is 6.94. The highest BCUT2D eigenvalue weighted by atomic mass is 32.1. The largest absolute Gasteiger partial charge is 0.353 e. The number of hydrogen-bond donors (Lipinski definition) is 1. The second kappa shape index (κ2) is 10.1. The van der Waals surface area contributed by atoms with E-state index in [2.05, 4.69) is 61.5 Å². The van der Waals surface area contributed by atoms with Gasteiger partial charge in [-0.05, 0) is 35.2 Å². The number of fused-ring (bicyclic) bond motifs is 2. The van der Waals surface area contributed by atoms with Crippen molar-refractivity contribution in [3.05, 3.63) is 77.6 Å². The summed E-state index contributed by atoms with van der Waals surface area (Å²) in [4.78, 5) is 54.7. The highest BCUT2D eigenvalue weighted by molar-refractivity contribution is 7.21. The van der Waals surface area contributed by atoms with Gasteiger partial charge in [0.25, 0.3) is 5.91 Å². The smallest absolute Gasteiger partial charge is 0.255 e. The summed E-state index contributed by atoms with van der Waals surface area (Å²) >= 11 is 1.70. The van der Waals surface area contributed by atoms with E-state index in [9.17, 15) is 14.4 Å². The number of piperazine rings is 1. The Bertz CT molecular complexity index is 1630. The molecule has 0 spiro atoms. The van der Waals surface area contributed by atoms with E-state index in [1.807, 2.05) is 18.2 Å². The molecule has 202 valence electrons. The molecule has 2 saturated heterocycles. The highest BCUT2D eigenvalue weighted by Crippen LogP contribution is 2.36. The third-order valence-corrected chi connectivity index (χ3v) is 9.12. The zero-order chi connectivity index (χ0) is 27.2. The van der Waals surface area contributed by atoms with Gasteiger partial charge in [0.15, 0.2) is 0 Å². The predicted octanol–water partition coefficient (Wildman–Crippen LogP) is 3.44. The molecule has 3 aliphatic rings. The number of benzene rings is 2. The van der Waals surface area contributed by atoms with Crippen molar-refractivity contribution in [2.24, 2.45) is 0 Å². The maximum Gasteiger partial charge on any atom is 0.255 e. The first-order valence-corrected chi connectivity index (χ1v) is 14.4. The van der Waals surface area contributed by atoms with Crippen LogP contribution in [0.15, 0.2) is 60.9 Å². The van der Waals surface area contributed by atoms with Crippen LogP contribution in [-0.2, 0) is 22.7 Å². The standard InChI is InChI=1S/C30H28N6O3S/c37-26-9-8-24(28(38)33-26)36-17-21-14-19(6-7-22(21)30(36)39)16-34-10-12-35(13-11-34)27-23-15-25(20-4-2-1-3-5-20)40-29(23)32-18-31-27/h1-7,14-15,18,24H,8-13,16-17H2,(H,33,37,38). The van der Waals surface area contributed by atoms with Gasteiger partial charge in [-0.2, -0.15) is 0 Å². The third kappa shape index (κ3) is 4.52. The van der Waals surface area contributed by atoms with Gasteiger partial charge < -0.3 is 9.80 Å². The van der Waals surface area contributed by atoms with Crippen LogP contribution >= 0.6 is 11.3 Å². The maximum atomic E-state index is 13.0. The number of carbonyl (C=O) groups is 3. The van der Waals surface area contributed by atoms with Gasteiger partial charge in [0.1, 0.15) is 23.0 Å². The number of aromatic nitrogens is 2. The van der Waals surface area contributed by atoms with Crippen LogP contribution in [0.25, 0.3) is 20.7 Å². The molecule has 2 aromatic heterocycles. The van der Waals surface area contributed by atoms with Gasteiger partial charge in [0.2, 0.25) is 11.8 Å². The summed E-state index contributed by atoms with van der Waals surface area (Å²) < 4.78 is 0. The van der Waals surface area contributed by atoms with Crippen LogP contribution in [0.4, 0.5) is 5.82 Å². The van der Waals surface area contributed by atoms with Crippen molar-refractivity contribution in [1.29, 1.82) is 0 Å². The molecule has 0 aliphatic carbocycles. The molecule has 4 aromatic rings. The van der Waals surface area contributed by atoms with Gasteiger partial charge in [-0.15, -0.1) is 11.3 Å². The van der Waals surface area contributed by atoms with Gasteiger partial charge >= 0.3 is 0 Å². The maximum absolute atomic E-state index is 13.0. The number of carbonyl (C=O) groups excluding carboxylic acids is 3. The fraction of sp³-hybridized carbons (Fsp3) is 0.300. The van der Waals surface area contributed by atoms with Crippen molar-refractivity contribution in [2.75, 3.05) is 31.1 Å². The molecule has 7 rings (SSSR count). The molecule has 1 N–H and O–H groups in total. The second-order valence-corrected chi connectivity index (χ2v) is 11.6. The van der Waals surface area contributed by atoms with Crippen LogP contribution in [0.3, 0.4) is 0 Å². The molecule has 3 amide bonds. The van der Waals surface area contributed by atoms with Crippen LogP contribution in [-0.4, -0.2) is 69.7 Å². The average Bonchev–Trinajstić information content (AvgIpc) is 3.55. The lowest BCUT2D eigenvalue weighted by atomic mass is 10.0. The van der Waals surface area contributed by atoms with E-state index in [0.717, 1.165) is 59.9 Å². The summed E-state index contributed by atoms with van der Waals surface area (Å²) in [7, 11) is 0. The van der Waals surface area contributed by atoms with Gasteiger partial charge in [-0.3, -0.25) is 24.6 Å². The monoisotopic (exact) mass is 552 g/mol.